The zero-order chi connectivity index (χ0) is 12.2. The van der Waals surface area contributed by atoms with Crippen molar-refractivity contribution in [2.45, 2.75) is 20.3 Å². The molecule has 0 fully saturated rings. The predicted octanol–water partition coefficient (Wildman–Crippen LogP) is 2.79. The Bertz CT molecular complexity index is 351. The van der Waals surface area contributed by atoms with Crippen molar-refractivity contribution in [2.24, 2.45) is 5.41 Å². The lowest BCUT2D eigenvalue weighted by Crippen LogP contribution is -2.29. The lowest BCUT2D eigenvalue weighted by molar-refractivity contribution is 0.149. The zero-order valence-corrected chi connectivity index (χ0v) is 9.56. The number of rotatable bonds is 5. The molecule has 0 bridgehead atoms. The molecule has 1 atom stereocenters. The molecular formula is C12H17F2NO. The van der Waals surface area contributed by atoms with E-state index in [1.807, 2.05) is 13.8 Å². The van der Waals surface area contributed by atoms with E-state index in [2.05, 4.69) is 5.32 Å². The molecular weight excluding hydrogens is 212 g/mol. The van der Waals surface area contributed by atoms with E-state index in [4.69, 9.17) is 0 Å². The molecule has 0 amide bonds. The van der Waals surface area contributed by atoms with Gasteiger partial charge in [-0.05, 0) is 18.6 Å². The van der Waals surface area contributed by atoms with Crippen LogP contribution >= 0.6 is 0 Å². The van der Waals surface area contributed by atoms with Gasteiger partial charge in [-0.15, -0.1) is 0 Å². The summed E-state index contributed by atoms with van der Waals surface area (Å²) in [7, 11) is 0. The van der Waals surface area contributed by atoms with E-state index in [0.717, 1.165) is 12.5 Å². The predicted molar refractivity (Wildman–Crippen MR) is 60.3 cm³/mol. The number of hydrogen-bond acceptors (Lipinski definition) is 2. The van der Waals surface area contributed by atoms with Gasteiger partial charge in [0.15, 0.2) is 0 Å². The van der Waals surface area contributed by atoms with Crippen LogP contribution in [-0.2, 0) is 0 Å². The molecule has 2 nitrogen and oxygen atoms in total. The Hall–Kier alpha value is -1.16. The van der Waals surface area contributed by atoms with Crippen LogP contribution < -0.4 is 5.32 Å². The van der Waals surface area contributed by atoms with Crippen LogP contribution in [0.4, 0.5) is 14.5 Å². The molecule has 0 aliphatic carbocycles. The van der Waals surface area contributed by atoms with Gasteiger partial charge in [0.05, 0.1) is 12.3 Å². The van der Waals surface area contributed by atoms with Crippen molar-refractivity contribution in [1.82, 2.24) is 0 Å². The number of nitrogens with one attached hydrogen (secondary N) is 1. The van der Waals surface area contributed by atoms with Gasteiger partial charge in [0.1, 0.15) is 11.6 Å². The summed E-state index contributed by atoms with van der Waals surface area (Å²) in [5, 5.41) is 12.1. The topological polar surface area (TPSA) is 32.3 Å². The summed E-state index contributed by atoms with van der Waals surface area (Å²) in [4.78, 5) is 0. The van der Waals surface area contributed by atoms with Gasteiger partial charge in [0, 0.05) is 18.0 Å². The third kappa shape index (κ3) is 3.17. The Labute approximate surface area is 94.3 Å². The highest BCUT2D eigenvalue weighted by Crippen LogP contribution is 2.22. The van der Waals surface area contributed by atoms with E-state index in [1.165, 1.54) is 12.1 Å². The molecule has 4 heteroatoms. The first-order chi connectivity index (χ1) is 7.50. The van der Waals surface area contributed by atoms with Crippen molar-refractivity contribution in [1.29, 1.82) is 0 Å². The Morgan fingerprint density at radius 2 is 2.06 bits per heavy atom. The fourth-order valence-electron chi connectivity index (χ4n) is 1.23. The fraction of sp³-hybridized carbons (Fsp3) is 0.500. The Morgan fingerprint density at radius 1 is 1.38 bits per heavy atom. The molecule has 0 heterocycles. The van der Waals surface area contributed by atoms with Crippen LogP contribution in [0.1, 0.15) is 20.3 Å². The first kappa shape index (κ1) is 12.9. The van der Waals surface area contributed by atoms with Gasteiger partial charge >= 0.3 is 0 Å². The highest BCUT2D eigenvalue weighted by molar-refractivity contribution is 5.44. The summed E-state index contributed by atoms with van der Waals surface area (Å²) in [5.74, 6) is -1.21. The van der Waals surface area contributed by atoms with Gasteiger partial charge in [-0.2, -0.15) is 0 Å². The molecule has 0 aliphatic rings. The molecule has 0 radical (unpaired) electrons. The smallest absolute Gasteiger partial charge is 0.149 e. The van der Waals surface area contributed by atoms with Crippen LogP contribution in [0.2, 0.25) is 0 Å². The Morgan fingerprint density at radius 3 is 2.56 bits per heavy atom. The lowest BCUT2D eigenvalue weighted by Gasteiger charge is -2.26. The molecule has 0 aliphatic heterocycles. The lowest BCUT2D eigenvalue weighted by atomic mass is 9.88. The summed E-state index contributed by atoms with van der Waals surface area (Å²) >= 11 is 0. The van der Waals surface area contributed by atoms with Crippen LogP contribution in [0.25, 0.3) is 0 Å². The number of aliphatic hydroxyl groups excluding tert-OH is 1. The summed E-state index contributed by atoms with van der Waals surface area (Å²) < 4.78 is 25.9. The van der Waals surface area contributed by atoms with E-state index in [1.54, 1.807) is 0 Å². The van der Waals surface area contributed by atoms with Gasteiger partial charge in [0.25, 0.3) is 0 Å². The van der Waals surface area contributed by atoms with Crippen LogP contribution in [0.15, 0.2) is 18.2 Å². The van der Waals surface area contributed by atoms with E-state index < -0.39 is 11.6 Å². The zero-order valence-electron chi connectivity index (χ0n) is 9.56. The normalized spacial score (nSPS) is 14.6. The van der Waals surface area contributed by atoms with Crippen LogP contribution in [0.5, 0.6) is 0 Å². The second-order valence-electron chi connectivity index (χ2n) is 4.30. The number of hydrogen-bond donors (Lipinski definition) is 2. The van der Waals surface area contributed by atoms with Crippen molar-refractivity contribution in [3.05, 3.63) is 29.8 Å². The summed E-state index contributed by atoms with van der Waals surface area (Å²) in [5.41, 5.74) is -0.0320. The first-order valence-electron chi connectivity index (χ1n) is 5.30. The number of benzene rings is 1. The SMILES string of the molecule is CCC(C)(CO)CNc1ccc(F)cc1F. The van der Waals surface area contributed by atoms with Crippen molar-refractivity contribution >= 4 is 5.69 Å². The maximum atomic E-state index is 13.3. The van der Waals surface area contributed by atoms with Crippen molar-refractivity contribution in [3.8, 4) is 0 Å². The monoisotopic (exact) mass is 229 g/mol. The summed E-state index contributed by atoms with van der Waals surface area (Å²) in [6, 6.07) is 3.40. The van der Waals surface area contributed by atoms with Crippen molar-refractivity contribution in [2.75, 3.05) is 18.5 Å². The van der Waals surface area contributed by atoms with Crippen molar-refractivity contribution < 1.29 is 13.9 Å². The van der Waals surface area contributed by atoms with Gasteiger partial charge in [-0.3, -0.25) is 0 Å². The maximum Gasteiger partial charge on any atom is 0.149 e. The molecule has 0 saturated carbocycles. The Kier molecular flexibility index (Phi) is 4.24. The van der Waals surface area contributed by atoms with Crippen molar-refractivity contribution in [3.63, 3.8) is 0 Å². The third-order valence-electron chi connectivity index (χ3n) is 2.87. The fourth-order valence-corrected chi connectivity index (χ4v) is 1.23. The maximum absolute atomic E-state index is 13.3. The molecule has 90 valence electrons. The quantitative estimate of drug-likeness (QED) is 0.813. The van der Waals surface area contributed by atoms with E-state index in [0.29, 0.717) is 6.54 Å². The minimum absolute atomic E-state index is 0.0271. The molecule has 0 spiro atoms. The van der Waals surface area contributed by atoms with E-state index >= 15 is 0 Å². The van der Waals surface area contributed by atoms with Gasteiger partial charge in [-0.25, -0.2) is 8.78 Å². The minimum atomic E-state index is -0.614. The molecule has 0 saturated heterocycles. The third-order valence-corrected chi connectivity index (χ3v) is 2.87. The highest BCUT2D eigenvalue weighted by atomic mass is 19.1. The summed E-state index contributed by atoms with van der Waals surface area (Å²) in [6.45, 7) is 4.34. The molecule has 2 N–H and O–H groups in total. The standard InChI is InChI=1S/C12H17F2NO/c1-3-12(2,8-16)7-15-11-5-4-9(13)6-10(11)14/h4-6,15-16H,3,7-8H2,1-2H3. The second kappa shape index (κ2) is 5.25. The average molecular weight is 229 g/mol. The van der Waals surface area contributed by atoms with Crippen LogP contribution in [0.3, 0.4) is 0 Å². The van der Waals surface area contributed by atoms with E-state index in [-0.39, 0.29) is 17.7 Å². The van der Waals surface area contributed by atoms with E-state index in [9.17, 15) is 13.9 Å². The second-order valence-corrected chi connectivity index (χ2v) is 4.30. The number of anilines is 1. The number of halogens is 2. The molecule has 16 heavy (non-hydrogen) atoms. The molecule has 1 unspecified atom stereocenters. The molecule has 1 aromatic rings. The first-order valence-corrected chi connectivity index (χ1v) is 5.30. The largest absolute Gasteiger partial charge is 0.396 e. The highest BCUT2D eigenvalue weighted by Gasteiger charge is 2.21. The average Bonchev–Trinajstić information content (AvgIpc) is 2.27. The molecule has 1 aromatic carbocycles. The molecule has 1 rings (SSSR count). The molecule has 0 aromatic heterocycles. The van der Waals surface area contributed by atoms with Crippen LogP contribution in [-0.4, -0.2) is 18.3 Å². The summed E-state index contributed by atoms with van der Waals surface area (Å²) in [6.07, 6.45) is 0.777. The van der Waals surface area contributed by atoms with Gasteiger partial charge in [0.2, 0.25) is 0 Å². The van der Waals surface area contributed by atoms with Crippen LogP contribution in [0, 0.1) is 17.0 Å². The van der Waals surface area contributed by atoms with Gasteiger partial charge in [-0.1, -0.05) is 13.8 Å². The van der Waals surface area contributed by atoms with Gasteiger partial charge < -0.3 is 10.4 Å². The number of aliphatic hydroxyl groups is 1. The Balaban J connectivity index is 2.67. The minimum Gasteiger partial charge on any atom is -0.396 e.